The van der Waals surface area contributed by atoms with Crippen LogP contribution in [-0.4, -0.2) is 30.5 Å². The topological polar surface area (TPSA) is 42.1 Å². The maximum absolute atomic E-state index is 13.2. The maximum Gasteiger partial charge on any atom is 0.146 e. The van der Waals surface area contributed by atoms with Crippen LogP contribution < -0.4 is 5.73 Å². The Morgan fingerprint density at radius 2 is 2.29 bits per heavy atom. The highest BCUT2D eigenvalue weighted by molar-refractivity contribution is 5.16. The fraction of sp³-hybridized carbons (Fsp3) is 0.500. The molecule has 0 aromatic carbocycles. The summed E-state index contributed by atoms with van der Waals surface area (Å²) in [6.07, 6.45) is 3.51. The van der Waals surface area contributed by atoms with Gasteiger partial charge in [-0.05, 0) is 33.1 Å². The van der Waals surface area contributed by atoms with Crippen molar-refractivity contribution in [2.45, 2.75) is 12.5 Å². The van der Waals surface area contributed by atoms with Crippen LogP contribution in [-0.2, 0) is 0 Å². The molecule has 1 heterocycles. The number of hydrogen-bond donors (Lipinski definition) is 1. The predicted octanol–water partition coefficient (Wildman–Crippen LogP) is 1.17. The van der Waals surface area contributed by atoms with E-state index in [-0.39, 0.29) is 11.9 Å². The minimum atomic E-state index is -0.321. The Morgan fingerprint density at radius 1 is 1.57 bits per heavy atom. The predicted molar refractivity (Wildman–Crippen MR) is 54.3 cm³/mol. The lowest BCUT2D eigenvalue weighted by molar-refractivity contribution is 0.379. The fourth-order valence-electron chi connectivity index (χ4n) is 1.24. The van der Waals surface area contributed by atoms with Crippen LogP contribution in [0.1, 0.15) is 18.0 Å². The highest BCUT2D eigenvalue weighted by Crippen LogP contribution is 2.16. The monoisotopic (exact) mass is 197 g/mol. The molecule has 0 radical (unpaired) electrons. The SMILES string of the molecule is CN(C)CCC(N)c1ccncc1F. The molecule has 0 amide bonds. The third-order valence-corrected chi connectivity index (χ3v) is 2.09. The van der Waals surface area contributed by atoms with Crippen LogP contribution in [0.3, 0.4) is 0 Å². The Labute approximate surface area is 83.7 Å². The van der Waals surface area contributed by atoms with E-state index < -0.39 is 0 Å². The smallest absolute Gasteiger partial charge is 0.146 e. The third-order valence-electron chi connectivity index (χ3n) is 2.09. The van der Waals surface area contributed by atoms with Gasteiger partial charge >= 0.3 is 0 Å². The van der Waals surface area contributed by atoms with Crippen LogP contribution in [0.15, 0.2) is 18.5 Å². The molecule has 1 unspecified atom stereocenters. The van der Waals surface area contributed by atoms with Gasteiger partial charge in [0.2, 0.25) is 0 Å². The lowest BCUT2D eigenvalue weighted by Crippen LogP contribution is -2.20. The lowest BCUT2D eigenvalue weighted by Gasteiger charge is -2.15. The van der Waals surface area contributed by atoms with Crippen LogP contribution in [0.25, 0.3) is 0 Å². The summed E-state index contributed by atoms with van der Waals surface area (Å²) in [5.41, 5.74) is 6.39. The molecule has 0 saturated carbocycles. The fourth-order valence-corrected chi connectivity index (χ4v) is 1.24. The zero-order chi connectivity index (χ0) is 10.6. The summed E-state index contributed by atoms with van der Waals surface area (Å²) in [5.74, 6) is -0.321. The standard InChI is InChI=1S/C10H16FN3/c1-14(2)6-4-10(12)8-3-5-13-7-9(8)11/h3,5,7,10H,4,6,12H2,1-2H3. The van der Waals surface area contributed by atoms with Gasteiger partial charge in [0.1, 0.15) is 5.82 Å². The molecule has 4 heteroatoms. The summed E-state index contributed by atoms with van der Waals surface area (Å²) in [7, 11) is 3.94. The van der Waals surface area contributed by atoms with Gasteiger partial charge in [-0.1, -0.05) is 0 Å². The van der Waals surface area contributed by atoms with Crippen molar-refractivity contribution in [1.29, 1.82) is 0 Å². The molecule has 0 aliphatic rings. The van der Waals surface area contributed by atoms with Crippen molar-refractivity contribution in [3.05, 3.63) is 29.8 Å². The number of hydrogen-bond acceptors (Lipinski definition) is 3. The van der Waals surface area contributed by atoms with E-state index in [1.165, 1.54) is 6.20 Å². The zero-order valence-corrected chi connectivity index (χ0v) is 8.57. The summed E-state index contributed by atoms with van der Waals surface area (Å²) in [5, 5.41) is 0. The third kappa shape index (κ3) is 3.05. The Morgan fingerprint density at radius 3 is 2.86 bits per heavy atom. The number of nitrogens with zero attached hydrogens (tertiary/aromatic N) is 2. The second-order valence-electron chi connectivity index (χ2n) is 3.60. The van der Waals surface area contributed by atoms with Gasteiger partial charge in [0.05, 0.1) is 6.20 Å². The van der Waals surface area contributed by atoms with Crippen molar-refractivity contribution >= 4 is 0 Å². The van der Waals surface area contributed by atoms with Crippen LogP contribution in [0.5, 0.6) is 0 Å². The number of nitrogens with two attached hydrogens (primary N) is 1. The molecule has 2 N–H and O–H groups in total. The van der Waals surface area contributed by atoms with Gasteiger partial charge in [-0.15, -0.1) is 0 Å². The van der Waals surface area contributed by atoms with Gasteiger partial charge in [0, 0.05) is 17.8 Å². The van der Waals surface area contributed by atoms with E-state index in [0.29, 0.717) is 5.56 Å². The van der Waals surface area contributed by atoms with E-state index in [1.54, 1.807) is 12.3 Å². The van der Waals surface area contributed by atoms with E-state index >= 15 is 0 Å². The Kier molecular flexibility index (Phi) is 3.98. The first-order chi connectivity index (χ1) is 6.61. The van der Waals surface area contributed by atoms with Gasteiger partial charge in [-0.2, -0.15) is 0 Å². The Hall–Kier alpha value is -1.00. The molecule has 0 aliphatic carbocycles. The van der Waals surface area contributed by atoms with Gasteiger partial charge in [0.25, 0.3) is 0 Å². The van der Waals surface area contributed by atoms with E-state index in [0.717, 1.165) is 13.0 Å². The summed E-state index contributed by atoms with van der Waals surface area (Å²) < 4.78 is 13.2. The molecule has 1 aromatic heterocycles. The minimum Gasteiger partial charge on any atom is -0.324 e. The average molecular weight is 197 g/mol. The molecule has 0 bridgehead atoms. The molecule has 78 valence electrons. The maximum atomic E-state index is 13.2. The van der Waals surface area contributed by atoms with Gasteiger partial charge in [-0.3, -0.25) is 4.98 Å². The molecule has 0 fully saturated rings. The van der Waals surface area contributed by atoms with Crippen LogP contribution in [0.2, 0.25) is 0 Å². The summed E-state index contributed by atoms with van der Waals surface area (Å²) in [4.78, 5) is 5.71. The second kappa shape index (κ2) is 5.02. The molecule has 0 spiro atoms. The van der Waals surface area contributed by atoms with Crippen LogP contribution >= 0.6 is 0 Å². The van der Waals surface area contributed by atoms with E-state index in [4.69, 9.17) is 5.73 Å². The quantitative estimate of drug-likeness (QED) is 0.788. The minimum absolute atomic E-state index is 0.250. The molecule has 14 heavy (non-hydrogen) atoms. The van der Waals surface area contributed by atoms with Gasteiger partial charge < -0.3 is 10.6 Å². The first kappa shape index (κ1) is 11.1. The molecule has 0 saturated heterocycles. The zero-order valence-electron chi connectivity index (χ0n) is 8.57. The van der Waals surface area contributed by atoms with E-state index in [2.05, 4.69) is 4.98 Å². The average Bonchev–Trinajstić information content (AvgIpc) is 2.15. The molecule has 1 aromatic rings. The number of pyridine rings is 1. The first-order valence-corrected chi connectivity index (χ1v) is 4.61. The summed E-state index contributed by atoms with van der Waals surface area (Å²) >= 11 is 0. The number of rotatable bonds is 4. The van der Waals surface area contributed by atoms with E-state index in [9.17, 15) is 4.39 Å². The van der Waals surface area contributed by atoms with Gasteiger partial charge in [-0.25, -0.2) is 4.39 Å². The van der Waals surface area contributed by atoms with E-state index in [1.807, 2.05) is 19.0 Å². The van der Waals surface area contributed by atoms with Crippen molar-refractivity contribution in [2.75, 3.05) is 20.6 Å². The molecular weight excluding hydrogens is 181 g/mol. The van der Waals surface area contributed by atoms with Crippen molar-refractivity contribution in [2.24, 2.45) is 5.73 Å². The van der Waals surface area contributed by atoms with Crippen molar-refractivity contribution < 1.29 is 4.39 Å². The molecule has 1 atom stereocenters. The molecule has 1 rings (SSSR count). The summed E-state index contributed by atoms with van der Waals surface area (Å²) in [6, 6.07) is 1.38. The van der Waals surface area contributed by atoms with Crippen molar-refractivity contribution in [3.63, 3.8) is 0 Å². The van der Waals surface area contributed by atoms with Crippen molar-refractivity contribution in [1.82, 2.24) is 9.88 Å². The lowest BCUT2D eigenvalue weighted by atomic mass is 10.1. The molecule has 3 nitrogen and oxygen atoms in total. The van der Waals surface area contributed by atoms with Crippen LogP contribution in [0.4, 0.5) is 4.39 Å². The Balaban J connectivity index is 2.60. The number of aromatic nitrogens is 1. The van der Waals surface area contributed by atoms with Crippen LogP contribution in [0, 0.1) is 5.82 Å². The largest absolute Gasteiger partial charge is 0.324 e. The summed E-state index contributed by atoms with van der Waals surface area (Å²) in [6.45, 7) is 0.850. The highest BCUT2D eigenvalue weighted by Gasteiger charge is 2.10. The molecular formula is C10H16FN3. The second-order valence-corrected chi connectivity index (χ2v) is 3.60. The normalized spacial score (nSPS) is 13.2. The molecule has 0 aliphatic heterocycles. The Bertz CT molecular complexity index is 288. The highest BCUT2D eigenvalue weighted by atomic mass is 19.1. The number of halogens is 1. The van der Waals surface area contributed by atoms with Gasteiger partial charge in [0.15, 0.2) is 0 Å². The first-order valence-electron chi connectivity index (χ1n) is 4.61. The van der Waals surface area contributed by atoms with Crippen molar-refractivity contribution in [3.8, 4) is 0 Å².